The zero-order chi connectivity index (χ0) is 17.7. The lowest BCUT2D eigenvalue weighted by molar-refractivity contribution is 0.237. The molecule has 1 aliphatic heterocycles. The minimum absolute atomic E-state index is 0.279. The molecule has 1 aromatic carbocycles. The summed E-state index contributed by atoms with van der Waals surface area (Å²) < 4.78 is 19.2. The Labute approximate surface area is 155 Å². The summed E-state index contributed by atoms with van der Waals surface area (Å²) in [5.74, 6) is -0.279. The Balaban J connectivity index is 1.23. The van der Waals surface area contributed by atoms with Crippen LogP contribution in [0, 0.1) is 11.2 Å². The second-order valence-electron chi connectivity index (χ2n) is 7.52. The summed E-state index contributed by atoms with van der Waals surface area (Å²) in [7, 11) is 2.21. The molecule has 1 atom stereocenters. The predicted octanol–water partition coefficient (Wildman–Crippen LogP) is 3.91. The van der Waals surface area contributed by atoms with E-state index in [4.69, 9.17) is 4.42 Å². The maximum atomic E-state index is 13.3. The van der Waals surface area contributed by atoms with Gasteiger partial charge in [0.1, 0.15) is 16.3 Å². The van der Waals surface area contributed by atoms with Gasteiger partial charge in [-0.15, -0.1) is 11.3 Å². The maximum absolute atomic E-state index is 13.3. The molecule has 1 aliphatic carbocycles. The van der Waals surface area contributed by atoms with Crippen molar-refractivity contribution in [3.05, 3.63) is 40.6 Å². The maximum Gasteiger partial charge on any atom is 0.298 e. The zero-order valence-electron chi connectivity index (χ0n) is 14.7. The Kier molecular flexibility index (Phi) is 3.76. The van der Waals surface area contributed by atoms with E-state index >= 15 is 0 Å². The SMILES string of the molecule is CN(Cc1nccs1)C1CC12CCN(c1nc3cc(F)ccc3o1)CC2. The van der Waals surface area contributed by atoms with E-state index in [1.165, 1.54) is 23.6 Å². The third kappa shape index (κ3) is 2.79. The number of thiazole rings is 1. The van der Waals surface area contributed by atoms with Crippen LogP contribution in [0.25, 0.3) is 11.1 Å². The van der Waals surface area contributed by atoms with Crippen molar-refractivity contribution in [2.24, 2.45) is 5.41 Å². The number of rotatable bonds is 4. The highest BCUT2D eigenvalue weighted by atomic mass is 32.1. The van der Waals surface area contributed by atoms with Gasteiger partial charge < -0.3 is 9.32 Å². The smallest absolute Gasteiger partial charge is 0.298 e. The van der Waals surface area contributed by atoms with E-state index in [9.17, 15) is 4.39 Å². The fourth-order valence-corrected chi connectivity index (χ4v) is 4.99. The van der Waals surface area contributed by atoms with Crippen molar-refractivity contribution in [1.82, 2.24) is 14.9 Å². The molecule has 0 radical (unpaired) electrons. The van der Waals surface area contributed by atoms with Crippen molar-refractivity contribution >= 4 is 28.5 Å². The van der Waals surface area contributed by atoms with Crippen LogP contribution in [0.3, 0.4) is 0 Å². The first kappa shape index (κ1) is 16.2. The van der Waals surface area contributed by atoms with E-state index in [1.54, 1.807) is 17.4 Å². The number of hydrogen-bond acceptors (Lipinski definition) is 6. The highest BCUT2D eigenvalue weighted by Gasteiger charge is 2.56. The fraction of sp³-hybridized carbons (Fsp3) is 0.474. The molecule has 1 spiro atoms. The Morgan fingerprint density at radius 1 is 1.38 bits per heavy atom. The van der Waals surface area contributed by atoms with Crippen LogP contribution in [0.5, 0.6) is 0 Å². The van der Waals surface area contributed by atoms with Gasteiger partial charge >= 0.3 is 0 Å². The second kappa shape index (κ2) is 6.03. The van der Waals surface area contributed by atoms with Crippen LogP contribution >= 0.6 is 11.3 Å². The quantitative estimate of drug-likeness (QED) is 0.695. The van der Waals surface area contributed by atoms with Gasteiger partial charge in [-0.25, -0.2) is 9.37 Å². The molecule has 3 aromatic rings. The Bertz CT molecular complexity index is 917. The molecule has 2 aromatic heterocycles. The summed E-state index contributed by atoms with van der Waals surface area (Å²) in [6, 6.07) is 5.75. The first-order valence-corrected chi connectivity index (χ1v) is 9.91. The standard InChI is InChI=1S/C19H21FN4OS/c1-23(12-17-21-6-9-26-17)16-11-19(16)4-7-24(8-5-19)18-22-14-10-13(20)2-3-15(14)25-18/h2-3,6,9-10,16H,4-5,7-8,11-12H2,1H3. The monoisotopic (exact) mass is 372 g/mol. The molecule has 0 N–H and O–H groups in total. The summed E-state index contributed by atoms with van der Waals surface area (Å²) in [6.07, 6.45) is 5.43. The minimum atomic E-state index is -0.279. The number of fused-ring (bicyclic) bond motifs is 1. The Hall–Kier alpha value is -1.99. The Morgan fingerprint density at radius 3 is 3.00 bits per heavy atom. The van der Waals surface area contributed by atoms with Crippen LogP contribution in [-0.2, 0) is 6.54 Å². The molecule has 2 fully saturated rings. The molecule has 0 amide bonds. The van der Waals surface area contributed by atoms with Gasteiger partial charge in [-0.1, -0.05) is 0 Å². The average molecular weight is 372 g/mol. The van der Waals surface area contributed by atoms with E-state index < -0.39 is 0 Å². The number of piperidine rings is 1. The zero-order valence-corrected chi connectivity index (χ0v) is 15.5. The molecule has 5 rings (SSSR count). The molecule has 1 saturated heterocycles. The van der Waals surface area contributed by atoms with E-state index in [1.807, 2.05) is 11.6 Å². The van der Waals surface area contributed by atoms with Crippen molar-refractivity contribution in [3.63, 3.8) is 0 Å². The summed E-state index contributed by atoms with van der Waals surface area (Å²) in [5.41, 5.74) is 1.67. The number of oxazole rings is 1. The highest BCUT2D eigenvalue weighted by molar-refractivity contribution is 7.09. The first-order valence-electron chi connectivity index (χ1n) is 9.03. The van der Waals surface area contributed by atoms with Gasteiger partial charge in [0.2, 0.25) is 0 Å². The molecule has 136 valence electrons. The van der Waals surface area contributed by atoms with E-state index in [2.05, 4.69) is 26.8 Å². The normalized spacial score (nSPS) is 21.8. The van der Waals surface area contributed by atoms with Gasteiger partial charge in [0.25, 0.3) is 6.01 Å². The summed E-state index contributed by atoms with van der Waals surface area (Å²) in [4.78, 5) is 13.5. The van der Waals surface area contributed by atoms with Crippen LogP contribution in [0.4, 0.5) is 10.4 Å². The lowest BCUT2D eigenvalue weighted by Gasteiger charge is -2.33. The van der Waals surface area contributed by atoms with Crippen LogP contribution in [-0.4, -0.2) is 41.0 Å². The predicted molar refractivity (Wildman–Crippen MR) is 99.8 cm³/mol. The average Bonchev–Trinajstić information content (AvgIpc) is 3.00. The largest absolute Gasteiger partial charge is 0.423 e. The van der Waals surface area contributed by atoms with Gasteiger partial charge in [-0.2, -0.15) is 4.98 Å². The first-order chi connectivity index (χ1) is 12.6. The summed E-state index contributed by atoms with van der Waals surface area (Å²) >= 11 is 1.72. The van der Waals surface area contributed by atoms with Crippen molar-refractivity contribution in [2.75, 3.05) is 25.0 Å². The number of hydrogen-bond donors (Lipinski definition) is 0. The minimum Gasteiger partial charge on any atom is -0.423 e. The lowest BCUT2D eigenvalue weighted by atomic mass is 9.92. The fourth-order valence-electron chi connectivity index (χ4n) is 4.31. The second-order valence-corrected chi connectivity index (χ2v) is 8.50. The van der Waals surface area contributed by atoms with Gasteiger partial charge in [0.05, 0.1) is 6.54 Å². The Morgan fingerprint density at radius 2 is 2.23 bits per heavy atom. The van der Waals surface area contributed by atoms with Crippen LogP contribution in [0.15, 0.2) is 34.2 Å². The molecule has 0 bridgehead atoms. The van der Waals surface area contributed by atoms with Crippen molar-refractivity contribution in [3.8, 4) is 0 Å². The molecule has 1 unspecified atom stereocenters. The number of benzene rings is 1. The van der Waals surface area contributed by atoms with Gasteiger partial charge in [0, 0.05) is 36.8 Å². The lowest BCUT2D eigenvalue weighted by Crippen LogP contribution is -2.38. The molecular formula is C19H21FN4OS. The molecule has 2 aliphatic rings. The van der Waals surface area contributed by atoms with E-state index in [-0.39, 0.29) is 5.82 Å². The molecule has 1 saturated carbocycles. The van der Waals surface area contributed by atoms with Crippen LogP contribution in [0.1, 0.15) is 24.3 Å². The van der Waals surface area contributed by atoms with Gasteiger partial charge in [-0.3, -0.25) is 4.90 Å². The third-order valence-corrected chi connectivity index (χ3v) is 6.68. The number of nitrogens with zero attached hydrogens (tertiary/aromatic N) is 4. The van der Waals surface area contributed by atoms with Gasteiger partial charge in [0.15, 0.2) is 5.58 Å². The molecule has 26 heavy (non-hydrogen) atoms. The summed E-state index contributed by atoms with van der Waals surface area (Å²) in [5, 5.41) is 3.22. The molecule has 5 nitrogen and oxygen atoms in total. The van der Waals surface area contributed by atoms with Crippen LogP contribution < -0.4 is 4.90 Å². The highest BCUT2D eigenvalue weighted by Crippen LogP contribution is 2.56. The van der Waals surface area contributed by atoms with E-state index in [0.717, 1.165) is 32.5 Å². The summed E-state index contributed by atoms with van der Waals surface area (Å²) in [6.45, 7) is 2.82. The van der Waals surface area contributed by atoms with E-state index in [0.29, 0.717) is 28.6 Å². The number of halogens is 1. The van der Waals surface area contributed by atoms with Crippen LogP contribution in [0.2, 0.25) is 0 Å². The number of anilines is 1. The molecular weight excluding hydrogens is 351 g/mol. The van der Waals surface area contributed by atoms with Gasteiger partial charge in [-0.05, 0) is 43.9 Å². The molecule has 7 heteroatoms. The topological polar surface area (TPSA) is 45.4 Å². The number of aromatic nitrogens is 2. The molecule has 3 heterocycles. The van der Waals surface area contributed by atoms with Crippen molar-refractivity contribution in [2.45, 2.75) is 31.8 Å². The van der Waals surface area contributed by atoms with Crippen molar-refractivity contribution < 1.29 is 8.81 Å². The third-order valence-electron chi connectivity index (χ3n) is 5.91. The van der Waals surface area contributed by atoms with Crippen molar-refractivity contribution in [1.29, 1.82) is 0 Å².